The van der Waals surface area contributed by atoms with Crippen molar-refractivity contribution >= 4 is 29.6 Å². The fraction of sp³-hybridized carbons (Fsp3) is 0.286. The van der Waals surface area contributed by atoms with Gasteiger partial charge in [0.1, 0.15) is 6.10 Å². The fourth-order valence-corrected chi connectivity index (χ4v) is 2.70. The van der Waals surface area contributed by atoms with Crippen LogP contribution in [0.5, 0.6) is 0 Å². The van der Waals surface area contributed by atoms with Crippen LogP contribution in [-0.4, -0.2) is 29.5 Å². The molecule has 0 aliphatic rings. The first-order valence-corrected chi connectivity index (χ1v) is 7.05. The van der Waals surface area contributed by atoms with Crippen molar-refractivity contribution in [1.29, 1.82) is 0 Å². The van der Waals surface area contributed by atoms with Gasteiger partial charge in [0.25, 0.3) is 0 Å². The van der Waals surface area contributed by atoms with Crippen LogP contribution in [0.25, 0.3) is 0 Å². The van der Waals surface area contributed by atoms with Gasteiger partial charge in [-0.05, 0) is 25.1 Å². The number of benzene rings is 1. The molecule has 1 aromatic heterocycles. The second kappa shape index (κ2) is 6.93. The molecular formula is C14H15Cl2N3O2. The zero-order valence-electron chi connectivity index (χ0n) is 11.6. The zero-order chi connectivity index (χ0) is 15.4. The summed E-state index contributed by atoms with van der Waals surface area (Å²) < 4.78 is 5.53. The minimum atomic E-state index is -0.413. The number of methoxy groups -OCH3 is 1. The quantitative estimate of drug-likeness (QED) is 0.766. The van der Waals surface area contributed by atoms with Crippen molar-refractivity contribution in [3.05, 3.63) is 52.3 Å². The minimum Gasteiger partial charge on any atom is -0.374 e. The lowest BCUT2D eigenvalue weighted by atomic mass is 10.0. The topological polar surface area (TPSA) is 47.4 Å². The maximum absolute atomic E-state index is 11.4. The van der Waals surface area contributed by atoms with Gasteiger partial charge in [-0.2, -0.15) is 9.89 Å². The second-order valence-electron chi connectivity index (χ2n) is 4.47. The Labute approximate surface area is 133 Å². The van der Waals surface area contributed by atoms with Crippen molar-refractivity contribution in [3.63, 3.8) is 0 Å². The predicted octanol–water partition coefficient (Wildman–Crippen LogP) is 3.06. The largest absolute Gasteiger partial charge is 0.374 e. The lowest BCUT2D eigenvalue weighted by Crippen LogP contribution is -2.45. The molecule has 7 heteroatoms. The fourth-order valence-electron chi connectivity index (χ4n) is 2.18. The van der Waals surface area contributed by atoms with E-state index in [1.165, 1.54) is 9.80 Å². The first-order chi connectivity index (χ1) is 10.1. The molecule has 2 rings (SSSR count). The third-order valence-electron chi connectivity index (χ3n) is 3.21. The van der Waals surface area contributed by atoms with Crippen LogP contribution in [0, 0.1) is 0 Å². The van der Waals surface area contributed by atoms with E-state index in [0.717, 1.165) is 5.56 Å². The second-order valence-corrected chi connectivity index (χ2v) is 5.32. The molecule has 5 nitrogen and oxygen atoms in total. The molecule has 0 spiro atoms. The van der Waals surface area contributed by atoms with Crippen LogP contribution >= 0.6 is 23.2 Å². The molecule has 0 saturated heterocycles. The Balaban J connectivity index is 2.33. The van der Waals surface area contributed by atoms with Crippen molar-refractivity contribution in [2.75, 3.05) is 12.1 Å². The van der Waals surface area contributed by atoms with Crippen molar-refractivity contribution < 1.29 is 9.53 Å². The molecule has 0 aliphatic heterocycles. The van der Waals surface area contributed by atoms with Gasteiger partial charge in [-0.3, -0.25) is 4.79 Å². The van der Waals surface area contributed by atoms with E-state index < -0.39 is 6.10 Å². The minimum absolute atomic E-state index is 0.314. The highest BCUT2D eigenvalue weighted by Gasteiger charge is 2.27. The van der Waals surface area contributed by atoms with Gasteiger partial charge < -0.3 is 4.74 Å². The van der Waals surface area contributed by atoms with Gasteiger partial charge in [0.15, 0.2) is 0 Å². The van der Waals surface area contributed by atoms with E-state index in [1.54, 1.807) is 43.8 Å². The third kappa shape index (κ3) is 3.37. The smallest absolute Gasteiger partial charge is 0.230 e. The highest BCUT2D eigenvalue weighted by Crippen LogP contribution is 2.31. The van der Waals surface area contributed by atoms with E-state index in [9.17, 15) is 4.79 Å². The maximum Gasteiger partial charge on any atom is 0.230 e. The van der Waals surface area contributed by atoms with Gasteiger partial charge in [0.2, 0.25) is 6.41 Å². The number of nitrogens with zero attached hydrogens (tertiary/aromatic N) is 3. The van der Waals surface area contributed by atoms with Gasteiger partial charge in [-0.15, -0.1) is 0 Å². The molecule has 2 atom stereocenters. The molecule has 0 N–H and O–H groups in total. The van der Waals surface area contributed by atoms with Crippen LogP contribution in [0.15, 0.2) is 36.7 Å². The first-order valence-electron chi connectivity index (χ1n) is 6.29. The summed E-state index contributed by atoms with van der Waals surface area (Å²) >= 11 is 12.1. The molecule has 0 fully saturated rings. The van der Waals surface area contributed by atoms with Crippen LogP contribution in [0.3, 0.4) is 0 Å². The Kier molecular flexibility index (Phi) is 5.22. The number of hydrogen-bond donors (Lipinski definition) is 0. The molecule has 0 radical (unpaired) electrons. The van der Waals surface area contributed by atoms with E-state index in [4.69, 9.17) is 27.9 Å². The summed E-state index contributed by atoms with van der Waals surface area (Å²) in [6, 6.07) is 6.60. The molecule has 0 bridgehead atoms. The predicted molar refractivity (Wildman–Crippen MR) is 82.2 cm³/mol. The molecule has 0 unspecified atom stereocenters. The monoisotopic (exact) mass is 327 g/mol. The van der Waals surface area contributed by atoms with Gasteiger partial charge in [0, 0.05) is 28.9 Å². The zero-order valence-corrected chi connectivity index (χ0v) is 13.1. The van der Waals surface area contributed by atoms with Crippen molar-refractivity contribution in [1.82, 2.24) is 9.89 Å². The van der Waals surface area contributed by atoms with Crippen LogP contribution in [0.1, 0.15) is 18.6 Å². The lowest BCUT2D eigenvalue weighted by Gasteiger charge is -2.31. The van der Waals surface area contributed by atoms with Crippen LogP contribution in [-0.2, 0) is 9.53 Å². The average Bonchev–Trinajstić information content (AvgIpc) is 2.97. The maximum atomic E-state index is 11.4. The Morgan fingerprint density at radius 1 is 1.43 bits per heavy atom. The molecule has 1 heterocycles. The van der Waals surface area contributed by atoms with Gasteiger partial charge in [-0.1, -0.05) is 29.3 Å². The molecular weight excluding hydrogens is 313 g/mol. The van der Waals surface area contributed by atoms with Gasteiger partial charge >= 0.3 is 0 Å². The molecule has 0 aliphatic carbocycles. The standard InChI is InChI=1S/C14H15Cl2N3O2/c1-10(18(9-20)19-7-3-6-17-19)14(21-2)12-5-4-11(15)8-13(12)16/h3-10,14H,1-2H3/t10-,14-/m1/s1. The highest BCUT2D eigenvalue weighted by molar-refractivity contribution is 6.35. The van der Waals surface area contributed by atoms with Gasteiger partial charge in [-0.25, -0.2) is 5.01 Å². The number of halogens is 2. The average molecular weight is 328 g/mol. The van der Waals surface area contributed by atoms with Crippen LogP contribution in [0.2, 0.25) is 10.0 Å². The Morgan fingerprint density at radius 2 is 2.19 bits per heavy atom. The summed E-state index contributed by atoms with van der Waals surface area (Å²) in [7, 11) is 1.57. The Morgan fingerprint density at radius 3 is 2.71 bits per heavy atom. The molecule has 0 saturated carbocycles. The van der Waals surface area contributed by atoms with E-state index in [0.29, 0.717) is 16.5 Å². The molecule has 112 valence electrons. The van der Waals surface area contributed by atoms with Crippen molar-refractivity contribution in [2.45, 2.75) is 19.1 Å². The number of carbonyl (C=O) groups is 1. The summed E-state index contributed by atoms with van der Waals surface area (Å²) in [6.07, 6.45) is 3.57. The number of amides is 1. The van der Waals surface area contributed by atoms with Crippen LogP contribution < -0.4 is 5.01 Å². The van der Waals surface area contributed by atoms with Crippen molar-refractivity contribution in [2.24, 2.45) is 0 Å². The normalized spacial score (nSPS) is 13.7. The lowest BCUT2D eigenvalue weighted by molar-refractivity contribution is -0.110. The van der Waals surface area contributed by atoms with E-state index >= 15 is 0 Å². The third-order valence-corrected chi connectivity index (χ3v) is 3.78. The van der Waals surface area contributed by atoms with E-state index in [2.05, 4.69) is 5.10 Å². The highest BCUT2D eigenvalue weighted by atomic mass is 35.5. The Hall–Kier alpha value is -1.56. The molecule has 2 aromatic rings. The molecule has 1 amide bonds. The first kappa shape index (κ1) is 15.8. The summed E-state index contributed by atoms with van der Waals surface area (Å²) in [4.78, 5) is 12.8. The van der Waals surface area contributed by atoms with E-state index in [1.807, 2.05) is 6.92 Å². The molecule has 1 aromatic carbocycles. The molecule has 21 heavy (non-hydrogen) atoms. The number of ether oxygens (including phenoxy) is 1. The summed E-state index contributed by atoms with van der Waals surface area (Å²) in [5.74, 6) is 0. The summed E-state index contributed by atoms with van der Waals surface area (Å²) in [6.45, 7) is 1.86. The SMILES string of the molecule is CO[C@@H](c1ccc(Cl)cc1Cl)[C@@H](C)N(C=O)n1cccn1. The van der Waals surface area contributed by atoms with Crippen LogP contribution in [0.4, 0.5) is 0 Å². The summed E-state index contributed by atoms with van der Waals surface area (Å²) in [5, 5.41) is 6.53. The Bertz CT molecular complexity index is 604. The van der Waals surface area contributed by atoms with Crippen molar-refractivity contribution in [3.8, 4) is 0 Å². The summed E-state index contributed by atoms with van der Waals surface area (Å²) in [5.41, 5.74) is 0.759. The number of carbonyl (C=O) groups excluding carboxylic acids is 1. The number of aromatic nitrogens is 2. The van der Waals surface area contributed by atoms with Gasteiger partial charge in [0.05, 0.1) is 12.2 Å². The number of hydrogen-bond acceptors (Lipinski definition) is 3. The van der Waals surface area contributed by atoms with E-state index in [-0.39, 0.29) is 6.04 Å². The number of rotatable bonds is 6.